The van der Waals surface area contributed by atoms with Crippen LogP contribution < -0.4 is 10.6 Å². The number of nitrogens with zero attached hydrogens (tertiary/aromatic N) is 7. The second-order valence-corrected chi connectivity index (χ2v) is 8.61. The average molecular weight is 470 g/mol. The maximum absolute atomic E-state index is 13.1. The molecule has 34 heavy (non-hydrogen) atoms. The summed E-state index contributed by atoms with van der Waals surface area (Å²) in [5, 5.41) is 11.3. The fraction of sp³-hybridized carbons (Fsp3) is 0.478. The second kappa shape index (κ2) is 9.13. The number of aryl methyl sites for hydroxylation is 1. The van der Waals surface area contributed by atoms with Crippen molar-refractivity contribution in [2.75, 3.05) is 37.3 Å². The lowest BCUT2D eigenvalue weighted by atomic mass is 10.1. The van der Waals surface area contributed by atoms with E-state index in [2.05, 4.69) is 32.5 Å². The number of piperidine rings is 1. The highest BCUT2D eigenvalue weighted by Crippen LogP contribution is 2.30. The lowest BCUT2D eigenvalue weighted by Crippen LogP contribution is -2.39. The Balaban J connectivity index is 1.49. The van der Waals surface area contributed by atoms with Crippen LogP contribution in [-0.2, 0) is 6.54 Å². The predicted octanol–water partition coefficient (Wildman–Crippen LogP) is 3.65. The van der Waals surface area contributed by atoms with Gasteiger partial charge < -0.3 is 20.1 Å². The zero-order valence-corrected chi connectivity index (χ0v) is 19.6. The summed E-state index contributed by atoms with van der Waals surface area (Å²) in [4.78, 5) is 16.2. The molecule has 0 bridgehead atoms. The molecule has 4 aromatic heterocycles. The lowest BCUT2D eigenvalue weighted by molar-refractivity contribution is 0.127. The molecule has 0 amide bonds. The lowest BCUT2D eigenvalue weighted by Gasteiger charge is -2.31. The molecule has 0 aromatic carbocycles. The monoisotopic (exact) mass is 469 g/mol. The van der Waals surface area contributed by atoms with E-state index in [1.54, 1.807) is 11.4 Å². The normalized spacial score (nSPS) is 15.6. The molecule has 180 valence electrons. The fourth-order valence-corrected chi connectivity index (χ4v) is 4.66. The Labute approximate surface area is 196 Å². The Hall–Kier alpha value is -3.34. The van der Waals surface area contributed by atoms with Gasteiger partial charge in [-0.15, -0.1) is 5.10 Å². The van der Waals surface area contributed by atoms with Gasteiger partial charge in [0.05, 0.1) is 12.2 Å². The Morgan fingerprint density at radius 2 is 1.91 bits per heavy atom. The smallest absolute Gasteiger partial charge is 0.256 e. The molecule has 2 N–H and O–H groups in total. The van der Waals surface area contributed by atoms with Crippen LogP contribution in [0.3, 0.4) is 0 Å². The van der Waals surface area contributed by atoms with Crippen LogP contribution >= 0.6 is 0 Å². The zero-order valence-electron chi connectivity index (χ0n) is 19.6. The van der Waals surface area contributed by atoms with Gasteiger partial charge in [-0.1, -0.05) is 6.92 Å². The van der Waals surface area contributed by atoms with Gasteiger partial charge in [0.1, 0.15) is 16.9 Å². The largest absolute Gasteiger partial charge is 0.371 e. The molecule has 11 heteroatoms. The minimum absolute atomic E-state index is 0.336. The van der Waals surface area contributed by atoms with Gasteiger partial charge in [-0.05, 0) is 44.5 Å². The van der Waals surface area contributed by atoms with Crippen molar-refractivity contribution in [3.8, 4) is 11.3 Å². The Bertz CT molecular complexity index is 1310. The predicted molar refractivity (Wildman–Crippen MR) is 129 cm³/mol. The third-order valence-electron chi connectivity index (χ3n) is 6.50. The molecule has 0 aliphatic carbocycles. The number of alkyl halides is 2. The summed E-state index contributed by atoms with van der Waals surface area (Å²) in [6.45, 7) is 6.68. The number of fused-ring (bicyclic) bond motifs is 2. The van der Waals surface area contributed by atoms with Gasteiger partial charge >= 0.3 is 0 Å². The zero-order chi connectivity index (χ0) is 23.8. The van der Waals surface area contributed by atoms with E-state index in [0.29, 0.717) is 40.5 Å². The number of hydrogen-bond donors (Lipinski definition) is 2. The van der Waals surface area contributed by atoms with Crippen LogP contribution in [0, 0.1) is 6.92 Å². The minimum Gasteiger partial charge on any atom is -0.371 e. The topological polar surface area (TPSA) is 88.2 Å². The fourth-order valence-electron chi connectivity index (χ4n) is 4.66. The molecule has 4 aromatic rings. The van der Waals surface area contributed by atoms with Gasteiger partial charge in [0, 0.05) is 37.9 Å². The Morgan fingerprint density at radius 3 is 2.62 bits per heavy atom. The van der Waals surface area contributed by atoms with Gasteiger partial charge in [0.25, 0.3) is 6.43 Å². The Morgan fingerprint density at radius 1 is 1.12 bits per heavy atom. The van der Waals surface area contributed by atoms with Crippen LogP contribution in [0.5, 0.6) is 0 Å². The number of anilines is 2. The van der Waals surface area contributed by atoms with Gasteiger partial charge in [0.15, 0.2) is 11.5 Å². The van der Waals surface area contributed by atoms with Crippen molar-refractivity contribution in [3.05, 3.63) is 30.2 Å². The molecular weight excluding hydrogens is 440 g/mol. The number of rotatable bonds is 7. The third kappa shape index (κ3) is 4.15. The molecule has 5 heterocycles. The molecule has 0 saturated carbocycles. The van der Waals surface area contributed by atoms with Gasteiger partial charge in [-0.2, -0.15) is 4.98 Å². The van der Waals surface area contributed by atoms with Crippen molar-refractivity contribution < 1.29 is 8.78 Å². The number of likely N-dealkylation sites (tertiary alicyclic amines) is 1. The quantitative estimate of drug-likeness (QED) is 0.427. The highest BCUT2D eigenvalue weighted by Gasteiger charge is 2.21. The summed E-state index contributed by atoms with van der Waals surface area (Å²) in [5.74, 6) is 1.76. The van der Waals surface area contributed by atoms with Crippen molar-refractivity contribution in [2.45, 2.75) is 45.7 Å². The summed E-state index contributed by atoms with van der Waals surface area (Å²) in [6.07, 6.45) is 1.49. The first-order valence-corrected chi connectivity index (χ1v) is 11.6. The summed E-state index contributed by atoms with van der Waals surface area (Å²) < 4.78 is 29.5. The van der Waals surface area contributed by atoms with Crippen molar-refractivity contribution in [1.29, 1.82) is 0 Å². The van der Waals surface area contributed by atoms with E-state index in [-0.39, 0.29) is 0 Å². The molecule has 0 unspecified atom stereocenters. The molecule has 1 fully saturated rings. The molecule has 1 aliphatic rings. The van der Waals surface area contributed by atoms with Crippen molar-refractivity contribution >= 4 is 28.4 Å². The van der Waals surface area contributed by atoms with Crippen LogP contribution in [0.25, 0.3) is 27.9 Å². The number of hydrogen-bond acceptors (Lipinski definition) is 7. The first kappa shape index (κ1) is 22.5. The molecule has 5 rings (SSSR count). The van der Waals surface area contributed by atoms with Crippen LogP contribution in [0.4, 0.5) is 20.5 Å². The highest BCUT2D eigenvalue weighted by atomic mass is 19.3. The van der Waals surface area contributed by atoms with Crippen molar-refractivity contribution in [3.63, 3.8) is 0 Å². The highest BCUT2D eigenvalue weighted by molar-refractivity contribution is 5.89. The molecule has 0 atom stereocenters. The second-order valence-electron chi connectivity index (χ2n) is 8.61. The standard InChI is InChI=1S/C23H29F2N9/c1-4-32-10-7-15(8-11-32)28-23-30-21(26-3)20-16(9-12-34(20)31-23)17-5-6-18-22(29-17)33(13-19(24)25)14(2)27-18/h5-6,9,12,15,19H,4,7-8,10-11,13H2,1-3H3,(H2,26,28,30,31). The van der Waals surface area contributed by atoms with Crippen LogP contribution in [-0.4, -0.2) is 73.2 Å². The van der Waals surface area contributed by atoms with E-state index < -0.39 is 13.0 Å². The van der Waals surface area contributed by atoms with E-state index in [1.807, 2.05) is 31.4 Å². The average Bonchev–Trinajstić information content (AvgIpc) is 3.39. The van der Waals surface area contributed by atoms with E-state index in [9.17, 15) is 8.78 Å². The third-order valence-corrected chi connectivity index (χ3v) is 6.50. The van der Waals surface area contributed by atoms with E-state index in [4.69, 9.17) is 9.97 Å². The van der Waals surface area contributed by atoms with Crippen LogP contribution in [0.15, 0.2) is 24.4 Å². The molecular formula is C23H29F2N9. The van der Waals surface area contributed by atoms with E-state index >= 15 is 0 Å². The number of pyridine rings is 1. The molecule has 0 spiro atoms. The Kier molecular flexibility index (Phi) is 6.03. The van der Waals surface area contributed by atoms with Crippen LogP contribution in [0.1, 0.15) is 25.6 Å². The van der Waals surface area contributed by atoms with Crippen LogP contribution in [0.2, 0.25) is 0 Å². The molecule has 9 nitrogen and oxygen atoms in total. The molecule has 0 radical (unpaired) electrons. The summed E-state index contributed by atoms with van der Waals surface area (Å²) >= 11 is 0. The van der Waals surface area contributed by atoms with E-state index in [0.717, 1.165) is 43.6 Å². The van der Waals surface area contributed by atoms with Gasteiger partial charge in [0.2, 0.25) is 5.95 Å². The summed E-state index contributed by atoms with van der Waals surface area (Å²) in [5.41, 5.74) is 3.28. The first-order chi connectivity index (χ1) is 16.5. The summed E-state index contributed by atoms with van der Waals surface area (Å²) in [7, 11) is 1.82. The van der Waals surface area contributed by atoms with Crippen molar-refractivity contribution in [2.24, 2.45) is 0 Å². The number of imidazole rings is 1. The SMILES string of the molecule is CCN1CCC(Nc2nc(NC)c3c(-c4ccc5nc(C)n(CC(F)F)c5n4)ccn3n2)CC1. The van der Waals surface area contributed by atoms with Gasteiger partial charge in [-0.25, -0.2) is 23.3 Å². The first-order valence-electron chi connectivity index (χ1n) is 11.6. The summed E-state index contributed by atoms with van der Waals surface area (Å²) in [6, 6.07) is 5.92. The number of nitrogens with one attached hydrogen (secondary N) is 2. The van der Waals surface area contributed by atoms with Crippen molar-refractivity contribution in [1.82, 2.24) is 34.0 Å². The van der Waals surface area contributed by atoms with E-state index in [1.165, 1.54) is 4.57 Å². The van der Waals surface area contributed by atoms with Gasteiger partial charge in [-0.3, -0.25) is 0 Å². The minimum atomic E-state index is -2.48. The number of halogens is 2. The number of aromatic nitrogens is 6. The molecule has 1 saturated heterocycles. The maximum Gasteiger partial charge on any atom is 0.256 e. The molecule has 1 aliphatic heterocycles. The maximum atomic E-state index is 13.1.